The summed E-state index contributed by atoms with van der Waals surface area (Å²) >= 11 is 6.10. The molecule has 2 atom stereocenters. The van der Waals surface area contributed by atoms with Gasteiger partial charge >= 0.3 is 0 Å². The Kier molecular flexibility index (Phi) is 5.19. The zero-order chi connectivity index (χ0) is 23.3. The SMILES string of the molecule is CC1=NN(c2ccc(Cl)cc2)C(=O)[C@]12Cc1ccccc1N1CCN(Cc3ccccc3)C[C@@H]12. The molecule has 1 spiro atoms. The van der Waals surface area contributed by atoms with Crippen molar-refractivity contribution in [2.45, 2.75) is 25.9 Å². The van der Waals surface area contributed by atoms with Crippen molar-refractivity contribution in [1.29, 1.82) is 0 Å². The van der Waals surface area contributed by atoms with Crippen LogP contribution in [-0.2, 0) is 17.8 Å². The number of para-hydroxylation sites is 1. The normalized spacial score (nSPS) is 24.2. The van der Waals surface area contributed by atoms with Gasteiger partial charge in [-0.25, -0.2) is 0 Å². The molecular weight excluding hydrogens is 444 g/mol. The Morgan fingerprint density at radius 3 is 2.50 bits per heavy atom. The second-order valence-corrected chi connectivity index (χ2v) is 9.92. The molecule has 0 N–H and O–H groups in total. The van der Waals surface area contributed by atoms with Gasteiger partial charge in [0, 0.05) is 36.9 Å². The summed E-state index contributed by atoms with van der Waals surface area (Å²) in [5, 5.41) is 7.07. The number of rotatable bonds is 3. The van der Waals surface area contributed by atoms with E-state index in [1.165, 1.54) is 16.8 Å². The molecule has 1 saturated heterocycles. The van der Waals surface area contributed by atoms with Gasteiger partial charge in [-0.1, -0.05) is 60.1 Å². The zero-order valence-electron chi connectivity index (χ0n) is 19.2. The lowest BCUT2D eigenvalue weighted by atomic mass is 9.67. The van der Waals surface area contributed by atoms with Crippen LogP contribution in [-0.4, -0.2) is 42.2 Å². The first-order valence-electron chi connectivity index (χ1n) is 11.8. The maximum absolute atomic E-state index is 14.2. The van der Waals surface area contributed by atoms with Crippen molar-refractivity contribution >= 4 is 34.6 Å². The van der Waals surface area contributed by atoms with Gasteiger partial charge in [0.2, 0.25) is 0 Å². The minimum absolute atomic E-state index is 0.0217. The first-order chi connectivity index (χ1) is 16.6. The third-order valence-electron chi connectivity index (χ3n) is 7.59. The lowest BCUT2D eigenvalue weighted by molar-refractivity contribution is -0.125. The molecule has 5 nitrogen and oxygen atoms in total. The van der Waals surface area contributed by atoms with E-state index in [1.54, 1.807) is 5.01 Å². The quantitative estimate of drug-likeness (QED) is 0.541. The highest BCUT2D eigenvalue weighted by Gasteiger charge is 2.59. The first kappa shape index (κ1) is 21.4. The molecule has 6 rings (SSSR count). The topological polar surface area (TPSA) is 39.2 Å². The number of carbonyl (C=O) groups is 1. The van der Waals surface area contributed by atoms with Crippen LogP contribution in [0.4, 0.5) is 11.4 Å². The maximum Gasteiger partial charge on any atom is 0.261 e. The number of halogens is 1. The summed E-state index contributed by atoms with van der Waals surface area (Å²) in [6.45, 7) is 5.57. The minimum Gasteiger partial charge on any atom is -0.364 e. The largest absolute Gasteiger partial charge is 0.364 e. The monoisotopic (exact) mass is 470 g/mol. The number of hydrogen-bond acceptors (Lipinski definition) is 4. The maximum atomic E-state index is 14.2. The van der Waals surface area contributed by atoms with Crippen LogP contribution < -0.4 is 9.91 Å². The van der Waals surface area contributed by atoms with E-state index in [2.05, 4.69) is 64.4 Å². The molecule has 3 aromatic rings. The predicted octanol–water partition coefficient (Wildman–Crippen LogP) is 5.00. The number of fused-ring (bicyclic) bond motifs is 4. The van der Waals surface area contributed by atoms with E-state index in [0.29, 0.717) is 11.4 Å². The highest BCUT2D eigenvalue weighted by atomic mass is 35.5. The van der Waals surface area contributed by atoms with Crippen molar-refractivity contribution < 1.29 is 4.79 Å². The van der Waals surface area contributed by atoms with Gasteiger partial charge in [0.25, 0.3) is 5.91 Å². The van der Waals surface area contributed by atoms with Crippen LogP contribution >= 0.6 is 11.6 Å². The fraction of sp³-hybridized carbons (Fsp3) is 0.286. The van der Waals surface area contributed by atoms with E-state index in [4.69, 9.17) is 16.7 Å². The molecule has 34 heavy (non-hydrogen) atoms. The van der Waals surface area contributed by atoms with Crippen LogP contribution in [0.3, 0.4) is 0 Å². The van der Waals surface area contributed by atoms with E-state index in [-0.39, 0.29) is 11.9 Å². The van der Waals surface area contributed by atoms with Gasteiger partial charge in [-0.05, 0) is 54.8 Å². The molecular formula is C28H27ClN4O. The number of hydrazone groups is 1. The summed E-state index contributed by atoms with van der Waals surface area (Å²) in [5.74, 6) is 0.0541. The summed E-state index contributed by atoms with van der Waals surface area (Å²) < 4.78 is 0. The number of hydrogen-bond donors (Lipinski definition) is 0. The Morgan fingerprint density at radius 2 is 1.71 bits per heavy atom. The lowest BCUT2D eigenvalue weighted by Crippen LogP contribution is -2.66. The van der Waals surface area contributed by atoms with Crippen molar-refractivity contribution in [3.63, 3.8) is 0 Å². The van der Waals surface area contributed by atoms with Crippen molar-refractivity contribution in [1.82, 2.24) is 4.90 Å². The molecule has 0 unspecified atom stereocenters. The van der Waals surface area contributed by atoms with Gasteiger partial charge < -0.3 is 4.90 Å². The van der Waals surface area contributed by atoms with Gasteiger partial charge in [0.05, 0.1) is 17.4 Å². The van der Waals surface area contributed by atoms with Crippen molar-refractivity contribution in [2.75, 3.05) is 29.5 Å². The molecule has 3 aliphatic heterocycles. The minimum atomic E-state index is -0.691. The van der Waals surface area contributed by atoms with E-state index in [9.17, 15) is 4.79 Å². The summed E-state index contributed by atoms with van der Waals surface area (Å²) in [5.41, 5.74) is 4.72. The second-order valence-electron chi connectivity index (χ2n) is 9.49. The molecule has 1 fully saturated rings. The van der Waals surface area contributed by atoms with Gasteiger partial charge in [-0.3, -0.25) is 9.69 Å². The van der Waals surface area contributed by atoms with Crippen molar-refractivity contribution in [3.8, 4) is 0 Å². The Morgan fingerprint density at radius 1 is 0.971 bits per heavy atom. The third kappa shape index (κ3) is 3.34. The Bertz CT molecular complexity index is 1260. The van der Waals surface area contributed by atoms with E-state index in [1.807, 2.05) is 31.2 Å². The predicted molar refractivity (Wildman–Crippen MR) is 137 cm³/mol. The number of anilines is 2. The number of nitrogens with zero attached hydrogens (tertiary/aromatic N) is 4. The van der Waals surface area contributed by atoms with E-state index in [0.717, 1.165) is 37.6 Å². The molecule has 6 heteroatoms. The Labute approximate surface area is 205 Å². The smallest absolute Gasteiger partial charge is 0.261 e. The van der Waals surface area contributed by atoms with E-state index >= 15 is 0 Å². The average molecular weight is 471 g/mol. The van der Waals surface area contributed by atoms with Crippen LogP contribution in [0.2, 0.25) is 5.02 Å². The standard InChI is InChI=1S/C28H27ClN4O/c1-20-28(27(34)33(30-20)24-13-11-23(29)12-14-24)17-22-9-5-6-10-25(22)32-16-15-31(19-26(28)32)18-21-7-3-2-4-8-21/h2-14,26H,15-19H2,1H3/t26-,28-/m1/s1. The number of piperazine rings is 1. The summed E-state index contributed by atoms with van der Waals surface area (Å²) in [6, 6.07) is 26.5. The Balaban J connectivity index is 1.39. The second kappa shape index (κ2) is 8.26. The summed E-state index contributed by atoms with van der Waals surface area (Å²) in [6.07, 6.45) is 0.668. The average Bonchev–Trinajstić information content (AvgIpc) is 3.11. The third-order valence-corrected chi connectivity index (χ3v) is 7.85. The molecule has 1 amide bonds. The molecule has 0 aromatic heterocycles. The van der Waals surface area contributed by atoms with E-state index < -0.39 is 5.41 Å². The van der Waals surface area contributed by atoms with Gasteiger partial charge in [0.1, 0.15) is 5.41 Å². The lowest BCUT2D eigenvalue weighted by Gasteiger charge is -2.53. The van der Waals surface area contributed by atoms with Crippen molar-refractivity contribution in [2.24, 2.45) is 10.5 Å². The zero-order valence-corrected chi connectivity index (χ0v) is 19.9. The van der Waals surface area contributed by atoms with Gasteiger partial charge in [-0.15, -0.1) is 0 Å². The van der Waals surface area contributed by atoms with Crippen molar-refractivity contribution in [3.05, 3.63) is 95.0 Å². The van der Waals surface area contributed by atoms with Crippen LogP contribution in [0.5, 0.6) is 0 Å². The Hall–Kier alpha value is -3.15. The first-order valence-corrected chi connectivity index (χ1v) is 12.2. The molecule has 0 aliphatic carbocycles. The molecule has 3 aromatic carbocycles. The van der Waals surface area contributed by atoms with Crippen LogP contribution in [0.1, 0.15) is 18.1 Å². The molecule has 0 bridgehead atoms. The molecule has 3 heterocycles. The van der Waals surface area contributed by atoms with Crippen LogP contribution in [0.25, 0.3) is 0 Å². The summed E-state index contributed by atoms with van der Waals surface area (Å²) in [4.78, 5) is 19.2. The fourth-order valence-corrected chi connectivity index (χ4v) is 5.99. The van der Waals surface area contributed by atoms with Gasteiger partial charge in [0.15, 0.2) is 0 Å². The number of benzene rings is 3. The van der Waals surface area contributed by atoms with Gasteiger partial charge in [-0.2, -0.15) is 10.1 Å². The highest BCUT2D eigenvalue weighted by molar-refractivity contribution is 6.30. The number of carbonyl (C=O) groups excluding carboxylic acids is 1. The van der Waals surface area contributed by atoms with Crippen LogP contribution in [0, 0.1) is 5.41 Å². The van der Waals surface area contributed by atoms with Crippen LogP contribution in [0.15, 0.2) is 84.0 Å². The fourth-order valence-electron chi connectivity index (χ4n) is 5.87. The number of amides is 1. The molecule has 172 valence electrons. The highest BCUT2D eigenvalue weighted by Crippen LogP contribution is 2.48. The molecule has 0 radical (unpaired) electrons. The molecule has 3 aliphatic rings. The molecule has 0 saturated carbocycles. The summed E-state index contributed by atoms with van der Waals surface area (Å²) in [7, 11) is 0.